The zero-order valence-corrected chi connectivity index (χ0v) is 16.9. The van der Waals surface area contributed by atoms with E-state index in [2.05, 4.69) is 28.5 Å². The van der Waals surface area contributed by atoms with Gasteiger partial charge in [-0.1, -0.05) is 18.2 Å². The van der Waals surface area contributed by atoms with Crippen molar-refractivity contribution in [2.24, 2.45) is 5.92 Å². The first-order valence-electron chi connectivity index (χ1n) is 10.7. The van der Waals surface area contributed by atoms with Gasteiger partial charge in [0, 0.05) is 50.2 Å². The van der Waals surface area contributed by atoms with E-state index in [0.29, 0.717) is 13.0 Å². The number of nitrogens with one attached hydrogen (secondary N) is 2. The Labute approximate surface area is 170 Å². The van der Waals surface area contributed by atoms with Gasteiger partial charge < -0.3 is 10.2 Å². The molecular weight excluding hydrogens is 368 g/mol. The minimum absolute atomic E-state index is 0.0756. The summed E-state index contributed by atoms with van der Waals surface area (Å²) in [5, 5.41) is 5.92. The maximum Gasteiger partial charge on any atom is 0.255 e. The van der Waals surface area contributed by atoms with Gasteiger partial charge in [0.25, 0.3) is 5.91 Å². The molecule has 1 aromatic carbocycles. The molecule has 3 amide bonds. The van der Waals surface area contributed by atoms with E-state index < -0.39 is 6.04 Å². The lowest BCUT2D eigenvalue weighted by Gasteiger charge is -2.46. The van der Waals surface area contributed by atoms with Crippen molar-refractivity contribution in [2.75, 3.05) is 19.6 Å². The third kappa shape index (κ3) is 3.16. The topological polar surface area (TPSA) is 81.8 Å². The van der Waals surface area contributed by atoms with E-state index >= 15 is 0 Å². The van der Waals surface area contributed by atoms with Gasteiger partial charge in [-0.3, -0.25) is 24.6 Å². The second kappa shape index (κ2) is 6.92. The minimum Gasteiger partial charge on any atom is -0.322 e. The average molecular weight is 396 g/mol. The Kier molecular flexibility index (Phi) is 4.47. The summed E-state index contributed by atoms with van der Waals surface area (Å²) in [6, 6.07) is 5.50. The summed E-state index contributed by atoms with van der Waals surface area (Å²) < 4.78 is 0. The van der Waals surface area contributed by atoms with E-state index in [0.717, 1.165) is 48.8 Å². The summed E-state index contributed by atoms with van der Waals surface area (Å²) in [5.41, 5.74) is 2.93. The second-order valence-corrected chi connectivity index (χ2v) is 9.08. The molecule has 1 aliphatic carbocycles. The standard InChI is InChI=1S/C22H28N4O3/c1-22(16-5-6-16)13-23-9-10-25(22)11-14-3-2-4-15-12-26(21(29)19(14)15)17-7-8-18(27)24-20(17)28/h2-4,16-17,23H,5-13H2,1H3,(H,24,27,28). The van der Waals surface area contributed by atoms with Crippen LogP contribution in [-0.2, 0) is 22.7 Å². The Morgan fingerprint density at radius 2 is 2.00 bits per heavy atom. The lowest BCUT2D eigenvalue weighted by molar-refractivity contribution is -0.136. The summed E-state index contributed by atoms with van der Waals surface area (Å²) >= 11 is 0. The van der Waals surface area contributed by atoms with Crippen molar-refractivity contribution in [1.82, 2.24) is 20.4 Å². The van der Waals surface area contributed by atoms with Crippen LogP contribution in [0.3, 0.4) is 0 Å². The Bertz CT molecular complexity index is 881. The number of carbonyl (C=O) groups excluding carboxylic acids is 3. The molecule has 1 aromatic rings. The van der Waals surface area contributed by atoms with Crippen molar-refractivity contribution in [2.45, 2.75) is 57.3 Å². The molecule has 5 rings (SSSR count). The highest BCUT2D eigenvalue weighted by atomic mass is 16.2. The van der Waals surface area contributed by atoms with Gasteiger partial charge in [0.05, 0.1) is 0 Å². The van der Waals surface area contributed by atoms with Gasteiger partial charge in [-0.2, -0.15) is 0 Å². The molecule has 2 N–H and O–H groups in total. The fourth-order valence-electron chi connectivity index (χ4n) is 5.32. The van der Waals surface area contributed by atoms with Crippen LogP contribution in [0.25, 0.3) is 0 Å². The highest BCUT2D eigenvalue weighted by molar-refractivity contribution is 6.06. The van der Waals surface area contributed by atoms with Crippen molar-refractivity contribution in [3.05, 3.63) is 34.9 Å². The number of fused-ring (bicyclic) bond motifs is 1. The van der Waals surface area contributed by atoms with Crippen LogP contribution in [-0.4, -0.2) is 58.7 Å². The zero-order chi connectivity index (χ0) is 20.2. The molecule has 7 nitrogen and oxygen atoms in total. The number of amides is 3. The number of piperazine rings is 1. The van der Waals surface area contributed by atoms with Gasteiger partial charge in [0.1, 0.15) is 6.04 Å². The highest BCUT2D eigenvalue weighted by Crippen LogP contribution is 2.44. The summed E-state index contributed by atoms with van der Waals surface area (Å²) in [6.45, 7) is 6.47. The van der Waals surface area contributed by atoms with Crippen molar-refractivity contribution in [3.8, 4) is 0 Å². The van der Waals surface area contributed by atoms with E-state index in [1.165, 1.54) is 12.8 Å². The van der Waals surface area contributed by atoms with Crippen LogP contribution in [0, 0.1) is 5.92 Å². The first-order chi connectivity index (χ1) is 14.0. The average Bonchev–Trinajstić information content (AvgIpc) is 3.49. The molecule has 0 spiro atoms. The first kappa shape index (κ1) is 18.8. The van der Waals surface area contributed by atoms with Crippen LogP contribution < -0.4 is 10.6 Å². The SMILES string of the molecule is CC1(C2CC2)CNCCN1Cc1cccc2c1C(=O)N(C1CCC(=O)NC1=O)C2. The molecule has 154 valence electrons. The minimum atomic E-state index is -0.559. The fraction of sp³-hybridized carbons (Fsp3) is 0.591. The maximum absolute atomic E-state index is 13.3. The van der Waals surface area contributed by atoms with Crippen molar-refractivity contribution >= 4 is 17.7 Å². The van der Waals surface area contributed by atoms with Crippen LogP contribution in [0.5, 0.6) is 0 Å². The number of rotatable bonds is 4. The Hall–Kier alpha value is -2.25. The first-order valence-corrected chi connectivity index (χ1v) is 10.7. The second-order valence-electron chi connectivity index (χ2n) is 9.08. The van der Waals surface area contributed by atoms with E-state index in [1.807, 2.05) is 12.1 Å². The van der Waals surface area contributed by atoms with Gasteiger partial charge in [-0.25, -0.2) is 0 Å². The molecule has 0 bridgehead atoms. The molecule has 1 saturated carbocycles. The Balaban J connectivity index is 1.40. The largest absolute Gasteiger partial charge is 0.322 e. The number of benzene rings is 1. The van der Waals surface area contributed by atoms with Crippen LogP contribution in [0.1, 0.15) is 54.1 Å². The molecule has 0 radical (unpaired) electrons. The van der Waals surface area contributed by atoms with Crippen LogP contribution in [0.15, 0.2) is 18.2 Å². The fourth-order valence-corrected chi connectivity index (χ4v) is 5.32. The monoisotopic (exact) mass is 396 g/mol. The molecule has 2 saturated heterocycles. The Morgan fingerprint density at radius 1 is 1.17 bits per heavy atom. The predicted octanol–water partition coefficient (Wildman–Crippen LogP) is 1.02. The number of hydrogen-bond donors (Lipinski definition) is 2. The van der Waals surface area contributed by atoms with Crippen LogP contribution in [0.4, 0.5) is 0 Å². The molecule has 3 aliphatic heterocycles. The zero-order valence-electron chi connectivity index (χ0n) is 16.9. The smallest absolute Gasteiger partial charge is 0.255 e. The molecule has 0 aromatic heterocycles. The van der Waals surface area contributed by atoms with Crippen molar-refractivity contribution < 1.29 is 14.4 Å². The number of imide groups is 1. The van der Waals surface area contributed by atoms with E-state index in [-0.39, 0.29) is 29.7 Å². The van der Waals surface area contributed by atoms with Gasteiger partial charge in [-0.05, 0) is 43.2 Å². The molecule has 3 heterocycles. The quantitative estimate of drug-likeness (QED) is 0.743. The highest BCUT2D eigenvalue weighted by Gasteiger charge is 2.47. The Morgan fingerprint density at radius 3 is 2.76 bits per heavy atom. The van der Waals surface area contributed by atoms with E-state index in [1.54, 1.807) is 4.90 Å². The van der Waals surface area contributed by atoms with Crippen molar-refractivity contribution in [1.29, 1.82) is 0 Å². The molecular formula is C22H28N4O3. The van der Waals surface area contributed by atoms with Gasteiger partial charge in [0.15, 0.2) is 0 Å². The molecule has 4 aliphatic rings. The molecule has 2 atom stereocenters. The molecule has 7 heteroatoms. The normalized spacial score (nSPS) is 30.4. The van der Waals surface area contributed by atoms with E-state index in [4.69, 9.17) is 0 Å². The summed E-state index contributed by atoms with van der Waals surface area (Å²) in [5.74, 6) is 0.0395. The third-order valence-corrected chi connectivity index (χ3v) is 7.22. The number of nitrogens with zero attached hydrogens (tertiary/aromatic N) is 2. The van der Waals surface area contributed by atoms with E-state index in [9.17, 15) is 14.4 Å². The van der Waals surface area contributed by atoms with Crippen LogP contribution >= 0.6 is 0 Å². The van der Waals surface area contributed by atoms with Gasteiger partial charge in [-0.15, -0.1) is 0 Å². The summed E-state index contributed by atoms with van der Waals surface area (Å²) in [4.78, 5) is 41.3. The maximum atomic E-state index is 13.3. The van der Waals surface area contributed by atoms with Gasteiger partial charge in [0.2, 0.25) is 11.8 Å². The van der Waals surface area contributed by atoms with Crippen molar-refractivity contribution in [3.63, 3.8) is 0 Å². The van der Waals surface area contributed by atoms with Gasteiger partial charge >= 0.3 is 0 Å². The lowest BCUT2D eigenvalue weighted by Crippen LogP contribution is -2.60. The molecule has 2 unspecified atom stereocenters. The summed E-state index contributed by atoms with van der Waals surface area (Å²) in [6.07, 6.45) is 3.24. The van der Waals surface area contributed by atoms with Crippen LogP contribution in [0.2, 0.25) is 0 Å². The molecule has 29 heavy (non-hydrogen) atoms. The number of piperidine rings is 1. The number of carbonyl (C=O) groups is 3. The number of hydrogen-bond acceptors (Lipinski definition) is 5. The third-order valence-electron chi connectivity index (χ3n) is 7.22. The predicted molar refractivity (Wildman–Crippen MR) is 107 cm³/mol. The summed E-state index contributed by atoms with van der Waals surface area (Å²) in [7, 11) is 0. The lowest BCUT2D eigenvalue weighted by atomic mass is 9.90. The molecule has 3 fully saturated rings.